The first kappa shape index (κ1) is 19.0. The fraction of sp³-hybridized carbons (Fsp3) is 0.526. The van der Waals surface area contributed by atoms with Gasteiger partial charge in [0.1, 0.15) is 5.54 Å². The van der Waals surface area contributed by atoms with E-state index in [1.165, 1.54) is 0 Å². The fourth-order valence-electron chi connectivity index (χ4n) is 3.75. The lowest BCUT2D eigenvalue weighted by Gasteiger charge is -2.42. The average molecular weight is 371 g/mol. The molecule has 27 heavy (non-hydrogen) atoms. The summed E-state index contributed by atoms with van der Waals surface area (Å²) >= 11 is 0. The van der Waals surface area contributed by atoms with Gasteiger partial charge in [-0.2, -0.15) is 4.68 Å². The number of carbonyl (C=O) groups excluding carboxylic acids is 2. The minimum Gasteiger partial charge on any atom is -0.462 e. The third-order valence-electron chi connectivity index (χ3n) is 5.30. The van der Waals surface area contributed by atoms with Crippen molar-refractivity contribution in [3.05, 3.63) is 35.7 Å². The van der Waals surface area contributed by atoms with Crippen LogP contribution in [0.2, 0.25) is 0 Å². The zero-order valence-corrected chi connectivity index (χ0v) is 16.0. The van der Waals surface area contributed by atoms with E-state index in [2.05, 4.69) is 15.5 Å². The molecule has 0 radical (unpaired) electrons. The van der Waals surface area contributed by atoms with Crippen LogP contribution in [-0.4, -0.2) is 50.6 Å². The van der Waals surface area contributed by atoms with E-state index in [-0.39, 0.29) is 11.9 Å². The monoisotopic (exact) mass is 371 g/mol. The van der Waals surface area contributed by atoms with Crippen LogP contribution in [0.5, 0.6) is 0 Å². The van der Waals surface area contributed by atoms with Gasteiger partial charge in [0.2, 0.25) is 5.91 Å². The molecule has 8 nitrogen and oxygen atoms in total. The van der Waals surface area contributed by atoms with E-state index in [9.17, 15) is 9.59 Å². The van der Waals surface area contributed by atoms with E-state index in [0.717, 1.165) is 37.8 Å². The molecule has 8 heteroatoms. The van der Waals surface area contributed by atoms with Gasteiger partial charge in [0.25, 0.3) is 0 Å². The van der Waals surface area contributed by atoms with Gasteiger partial charge >= 0.3 is 5.97 Å². The standard InChI is InChI=1S/C19H25N5O3/c1-4-27-17(26)15-8-10-16(11-9-15)24-18(20-21-22-24)19(23(3)14(2)25)12-6-5-7-13-19/h8-11H,4-7,12-13H2,1-3H3. The Kier molecular flexibility index (Phi) is 5.53. The van der Waals surface area contributed by atoms with Crippen molar-refractivity contribution in [3.63, 3.8) is 0 Å². The molecule has 2 aromatic rings. The van der Waals surface area contributed by atoms with E-state index >= 15 is 0 Å². The second-order valence-corrected chi connectivity index (χ2v) is 6.85. The second kappa shape index (κ2) is 7.85. The Hall–Kier alpha value is -2.77. The largest absolute Gasteiger partial charge is 0.462 e. The molecular weight excluding hydrogens is 346 g/mol. The van der Waals surface area contributed by atoms with Crippen LogP contribution in [0.4, 0.5) is 0 Å². The van der Waals surface area contributed by atoms with Crippen LogP contribution in [0.25, 0.3) is 5.69 Å². The molecule has 1 aliphatic carbocycles. The van der Waals surface area contributed by atoms with Crippen LogP contribution in [0, 0.1) is 0 Å². The third-order valence-corrected chi connectivity index (χ3v) is 5.30. The highest BCUT2D eigenvalue weighted by atomic mass is 16.5. The second-order valence-electron chi connectivity index (χ2n) is 6.85. The van der Waals surface area contributed by atoms with Gasteiger partial charge in [0.05, 0.1) is 17.9 Å². The third kappa shape index (κ3) is 3.56. The molecule has 0 spiro atoms. The molecule has 1 heterocycles. The number of aromatic nitrogens is 4. The van der Waals surface area contributed by atoms with Crippen LogP contribution < -0.4 is 0 Å². The minimum atomic E-state index is -0.520. The normalized spacial score (nSPS) is 16.0. The summed E-state index contributed by atoms with van der Waals surface area (Å²) in [4.78, 5) is 25.8. The van der Waals surface area contributed by atoms with Crippen molar-refractivity contribution in [2.75, 3.05) is 13.7 Å². The molecule has 0 unspecified atom stereocenters. The van der Waals surface area contributed by atoms with Crippen molar-refractivity contribution >= 4 is 11.9 Å². The Morgan fingerprint density at radius 2 is 1.85 bits per heavy atom. The summed E-state index contributed by atoms with van der Waals surface area (Å²) in [6, 6.07) is 6.97. The number of benzene rings is 1. The van der Waals surface area contributed by atoms with Crippen molar-refractivity contribution in [3.8, 4) is 5.69 Å². The average Bonchev–Trinajstić information content (AvgIpc) is 3.18. The molecule has 0 bridgehead atoms. The molecule has 3 rings (SSSR count). The molecule has 1 saturated carbocycles. The van der Waals surface area contributed by atoms with Crippen molar-refractivity contribution < 1.29 is 14.3 Å². The summed E-state index contributed by atoms with van der Waals surface area (Å²) in [7, 11) is 1.82. The maximum atomic E-state index is 12.2. The highest BCUT2D eigenvalue weighted by Crippen LogP contribution is 2.41. The number of hydrogen-bond acceptors (Lipinski definition) is 6. The van der Waals surface area contributed by atoms with Gasteiger partial charge in [-0.3, -0.25) is 4.79 Å². The number of carbonyl (C=O) groups is 2. The van der Waals surface area contributed by atoms with Crippen molar-refractivity contribution in [2.45, 2.75) is 51.5 Å². The molecule has 0 aliphatic heterocycles. The SMILES string of the molecule is CCOC(=O)c1ccc(-n2nnnc2C2(N(C)C(C)=O)CCCCC2)cc1. The zero-order valence-electron chi connectivity index (χ0n) is 16.0. The number of esters is 1. The van der Waals surface area contributed by atoms with Crippen molar-refractivity contribution in [1.82, 2.24) is 25.1 Å². The van der Waals surface area contributed by atoms with Gasteiger partial charge in [-0.15, -0.1) is 5.10 Å². The lowest BCUT2D eigenvalue weighted by Crippen LogP contribution is -2.49. The topological polar surface area (TPSA) is 90.2 Å². The van der Waals surface area contributed by atoms with Gasteiger partial charge in [-0.25, -0.2) is 4.79 Å². The molecular formula is C19H25N5O3. The Bertz CT molecular complexity index is 809. The van der Waals surface area contributed by atoms with E-state index < -0.39 is 5.54 Å². The number of tetrazole rings is 1. The van der Waals surface area contributed by atoms with Crippen LogP contribution >= 0.6 is 0 Å². The Morgan fingerprint density at radius 1 is 1.19 bits per heavy atom. The van der Waals surface area contributed by atoms with E-state index in [1.807, 2.05) is 7.05 Å². The van der Waals surface area contributed by atoms with E-state index in [4.69, 9.17) is 4.74 Å². The molecule has 144 valence electrons. The highest BCUT2D eigenvalue weighted by Gasteiger charge is 2.44. The molecule has 1 aliphatic rings. The minimum absolute atomic E-state index is 0.0101. The first-order chi connectivity index (χ1) is 13.0. The summed E-state index contributed by atoms with van der Waals surface area (Å²) in [5.41, 5.74) is 0.696. The van der Waals surface area contributed by atoms with Gasteiger partial charge in [-0.1, -0.05) is 19.3 Å². The number of nitrogens with zero attached hydrogens (tertiary/aromatic N) is 5. The number of ether oxygens (including phenoxy) is 1. The van der Waals surface area contributed by atoms with Crippen molar-refractivity contribution in [1.29, 1.82) is 0 Å². The summed E-state index contributed by atoms with van der Waals surface area (Å²) in [6.45, 7) is 3.67. The first-order valence-electron chi connectivity index (χ1n) is 9.30. The molecule has 1 fully saturated rings. The molecule has 1 aromatic heterocycles. The van der Waals surface area contributed by atoms with Gasteiger partial charge < -0.3 is 9.64 Å². The van der Waals surface area contributed by atoms with Gasteiger partial charge in [0, 0.05) is 14.0 Å². The van der Waals surface area contributed by atoms with Crippen LogP contribution in [0.1, 0.15) is 62.1 Å². The predicted octanol–water partition coefficient (Wildman–Crippen LogP) is 2.48. The summed E-state index contributed by atoms with van der Waals surface area (Å²) in [5.74, 6) is 0.286. The van der Waals surface area contributed by atoms with Crippen LogP contribution in [0.3, 0.4) is 0 Å². The van der Waals surface area contributed by atoms with Crippen molar-refractivity contribution in [2.24, 2.45) is 0 Å². The highest BCUT2D eigenvalue weighted by molar-refractivity contribution is 5.89. The Labute approximate surface area is 158 Å². The molecule has 1 amide bonds. The van der Waals surface area contributed by atoms with Gasteiger partial charge in [-0.05, 0) is 54.5 Å². The predicted molar refractivity (Wildman–Crippen MR) is 98.3 cm³/mol. The summed E-state index contributed by atoms with van der Waals surface area (Å²) in [5, 5.41) is 12.3. The Morgan fingerprint density at radius 3 is 2.44 bits per heavy atom. The number of amides is 1. The number of rotatable bonds is 5. The lowest BCUT2D eigenvalue weighted by molar-refractivity contribution is -0.135. The fourth-order valence-corrected chi connectivity index (χ4v) is 3.75. The summed E-state index contributed by atoms with van der Waals surface area (Å²) < 4.78 is 6.69. The molecule has 0 saturated heterocycles. The first-order valence-corrected chi connectivity index (χ1v) is 9.30. The van der Waals surface area contributed by atoms with Crippen LogP contribution in [0.15, 0.2) is 24.3 Å². The lowest BCUT2D eigenvalue weighted by atomic mass is 9.79. The molecule has 0 N–H and O–H groups in total. The van der Waals surface area contributed by atoms with Gasteiger partial charge in [0.15, 0.2) is 5.82 Å². The van der Waals surface area contributed by atoms with E-state index in [1.54, 1.807) is 47.7 Å². The molecule has 1 aromatic carbocycles. The smallest absolute Gasteiger partial charge is 0.338 e. The zero-order chi connectivity index (χ0) is 19.4. The van der Waals surface area contributed by atoms with Crippen LogP contribution in [-0.2, 0) is 15.1 Å². The number of hydrogen-bond donors (Lipinski definition) is 0. The molecule has 0 atom stereocenters. The van der Waals surface area contributed by atoms with E-state index in [0.29, 0.717) is 18.0 Å². The quantitative estimate of drug-likeness (QED) is 0.750. The Balaban J connectivity index is 1.99. The maximum absolute atomic E-state index is 12.2. The maximum Gasteiger partial charge on any atom is 0.338 e. The summed E-state index contributed by atoms with van der Waals surface area (Å²) in [6.07, 6.45) is 4.83.